The average molecular weight is 278 g/mol. The molecule has 1 N–H and O–H groups in total. The number of hydrogen-bond donors (Lipinski definition) is 1. The van der Waals surface area contributed by atoms with Gasteiger partial charge in [-0.05, 0) is 26.0 Å². The quantitative estimate of drug-likeness (QED) is 0.884. The normalized spacial score (nSPS) is 25.4. The van der Waals surface area contributed by atoms with E-state index in [4.69, 9.17) is 9.84 Å². The van der Waals surface area contributed by atoms with Crippen molar-refractivity contribution in [1.29, 1.82) is 0 Å². The molecule has 2 aliphatic rings. The molecule has 1 aromatic rings. The molecular formula is C15H26N4O. The highest BCUT2D eigenvalue weighted by molar-refractivity contribution is 5.01. The summed E-state index contributed by atoms with van der Waals surface area (Å²) in [6.45, 7) is 4.58. The van der Waals surface area contributed by atoms with Crippen molar-refractivity contribution in [2.45, 2.75) is 44.3 Å². The number of morpholine rings is 1. The van der Waals surface area contributed by atoms with Crippen LogP contribution in [0.5, 0.6) is 0 Å². The summed E-state index contributed by atoms with van der Waals surface area (Å²) in [5.41, 5.74) is 1.19. The van der Waals surface area contributed by atoms with Crippen LogP contribution in [0.15, 0.2) is 12.3 Å². The Hall–Kier alpha value is -0.910. The highest BCUT2D eigenvalue weighted by atomic mass is 16.5. The van der Waals surface area contributed by atoms with E-state index in [-0.39, 0.29) is 0 Å². The Bertz CT molecular complexity index is 412. The van der Waals surface area contributed by atoms with Gasteiger partial charge in [0.25, 0.3) is 0 Å². The van der Waals surface area contributed by atoms with Gasteiger partial charge in [-0.15, -0.1) is 0 Å². The minimum absolute atomic E-state index is 0.463. The molecule has 2 fully saturated rings. The molecule has 3 rings (SSSR count). The number of hydrogen-bond acceptors (Lipinski definition) is 4. The van der Waals surface area contributed by atoms with Gasteiger partial charge in [-0.25, -0.2) is 0 Å². The topological polar surface area (TPSA) is 42.3 Å². The van der Waals surface area contributed by atoms with Crippen LogP contribution in [-0.4, -0.2) is 54.1 Å². The Labute approximate surface area is 121 Å². The van der Waals surface area contributed by atoms with Gasteiger partial charge in [0.2, 0.25) is 0 Å². The van der Waals surface area contributed by atoms with Gasteiger partial charge in [0, 0.05) is 31.9 Å². The maximum absolute atomic E-state index is 5.58. The average Bonchev–Trinajstić information content (AvgIpc) is 3.12. The van der Waals surface area contributed by atoms with Gasteiger partial charge in [-0.1, -0.05) is 12.8 Å². The summed E-state index contributed by atoms with van der Waals surface area (Å²) in [6, 6.07) is 3.29. The fourth-order valence-corrected chi connectivity index (χ4v) is 3.36. The zero-order valence-corrected chi connectivity index (χ0v) is 12.4. The van der Waals surface area contributed by atoms with E-state index >= 15 is 0 Å². The van der Waals surface area contributed by atoms with Gasteiger partial charge in [-0.3, -0.25) is 9.58 Å². The second kappa shape index (κ2) is 6.70. The molecule has 1 aliphatic heterocycles. The number of ether oxygens (including phenoxy) is 1. The van der Waals surface area contributed by atoms with E-state index < -0.39 is 0 Å². The number of nitrogens with one attached hydrogen (secondary N) is 1. The lowest BCUT2D eigenvalue weighted by Gasteiger charge is -2.34. The summed E-state index contributed by atoms with van der Waals surface area (Å²) >= 11 is 0. The van der Waals surface area contributed by atoms with Crippen LogP contribution in [0.1, 0.15) is 37.4 Å². The molecule has 1 saturated heterocycles. The number of aromatic nitrogens is 2. The maximum atomic E-state index is 5.58. The smallest absolute Gasteiger partial charge is 0.0765 e. The second-order valence-electron chi connectivity index (χ2n) is 5.98. The van der Waals surface area contributed by atoms with E-state index in [1.54, 1.807) is 0 Å². The molecule has 2 heterocycles. The Morgan fingerprint density at radius 3 is 3.05 bits per heavy atom. The first-order chi connectivity index (χ1) is 9.86. The van der Waals surface area contributed by atoms with Gasteiger partial charge in [0.15, 0.2) is 0 Å². The maximum Gasteiger partial charge on any atom is 0.0765 e. The van der Waals surface area contributed by atoms with Crippen molar-refractivity contribution in [2.24, 2.45) is 0 Å². The molecule has 1 aliphatic carbocycles. The van der Waals surface area contributed by atoms with Crippen LogP contribution in [-0.2, 0) is 11.3 Å². The Kier molecular flexibility index (Phi) is 4.70. The largest absolute Gasteiger partial charge is 0.378 e. The second-order valence-corrected chi connectivity index (χ2v) is 5.98. The summed E-state index contributed by atoms with van der Waals surface area (Å²) in [4.78, 5) is 2.49. The third-order valence-electron chi connectivity index (χ3n) is 4.52. The first-order valence-corrected chi connectivity index (χ1v) is 7.87. The summed E-state index contributed by atoms with van der Waals surface area (Å²) in [5.74, 6) is 0. The van der Waals surface area contributed by atoms with Crippen LogP contribution in [0.3, 0.4) is 0 Å². The van der Waals surface area contributed by atoms with Crippen molar-refractivity contribution in [3.63, 3.8) is 0 Å². The molecular weight excluding hydrogens is 252 g/mol. The molecule has 0 spiro atoms. The van der Waals surface area contributed by atoms with Crippen molar-refractivity contribution in [1.82, 2.24) is 20.0 Å². The molecule has 0 amide bonds. The van der Waals surface area contributed by atoms with E-state index in [9.17, 15) is 0 Å². The molecule has 1 unspecified atom stereocenters. The predicted molar refractivity (Wildman–Crippen MR) is 78.7 cm³/mol. The van der Waals surface area contributed by atoms with Crippen molar-refractivity contribution >= 4 is 0 Å². The minimum atomic E-state index is 0.463. The van der Waals surface area contributed by atoms with Crippen LogP contribution in [0.2, 0.25) is 0 Å². The summed E-state index contributed by atoms with van der Waals surface area (Å²) < 4.78 is 7.77. The first kappa shape index (κ1) is 14.0. The lowest BCUT2D eigenvalue weighted by atomic mass is 10.2. The van der Waals surface area contributed by atoms with Crippen LogP contribution >= 0.6 is 0 Å². The lowest BCUT2D eigenvalue weighted by Crippen LogP contribution is -2.49. The van der Waals surface area contributed by atoms with Crippen molar-refractivity contribution in [3.05, 3.63) is 18.0 Å². The molecule has 20 heavy (non-hydrogen) atoms. The molecule has 0 bridgehead atoms. The fourth-order valence-electron chi connectivity index (χ4n) is 3.36. The van der Waals surface area contributed by atoms with Crippen molar-refractivity contribution in [3.8, 4) is 0 Å². The first-order valence-electron chi connectivity index (χ1n) is 7.87. The highest BCUT2D eigenvalue weighted by Crippen LogP contribution is 2.28. The van der Waals surface area contributed by atoms with E-state index in [1.165, 1.54) is 31.4 Å². The number of likely N-dealkylation sites (N-methyl/N-ethyl adjacent to an activating group) is 1. The lowest BCUT2D eigenvalue weighted by molar-refractivity contribution is -0.0109. The van der Waals surface area contributed by atoms with Gasteiger partial charge in [0.05, 0.1) is 24.9 Å². The summed E-state index contributed by atoms with van der Waals surface area (Å²) in [5, 5.41) is 8.05. The van der Waals surface area contributed by atoms with Crippen LogP contribution in [0.25, 0.3) is 0 Å². The molecule has 0 radical (unpaired) electrons. The highest BCUT2D eigenvalue weighted by Gasteiger charge is 2.24. The van der Waals surface area contributed by atoms with Gasteiger partial charge < -0.3 is 10.1 Å². The van der Waals surface area contributed by atoms with Crippen LogP contribution in [0, 0.1) is 0 Å². The standard InChI is InChI=1S/C15H26N4O/c1-16-10-15-12-20-9-8-18(15)11-13-6-7-19(17-13)14-4-2-3-5-14/h6-7,14-16H,2-5,8-12H2,1H3. The van der Waals surface area contributed by atoms with Gasteiger partial charge >= 0.3 is 0 Å². The van der Waals surface area contributed by atoms with E-state index in [1.807, 2.05) is 7.05 Å². The Morgan fingerprint density at radius 1 is 1.40 bits per heavy atom. The molecule has 5 heteroatoms. The Balaban J connectivity index is 1.61. The zero-order chi connectivity index (χ0) is 13.8. The summed E-state index contributed by atoms with van der Waals surface area (Å²) in [7, 11) is 2.00. The molecule has 1 atom stereocenters. The SMILES string of the molecule is CNCC1COCCN1Cc1ccn(C2CCCC2)n1. The third-order valence-corrected chi connectivity index (χ3v) is 4.52. The van der Waals surface area contributed by atoms with Gasteiger partial charge in [0.1, 0.15) is 0 Å². The van der Waals surface area contributed by atoms with Gasteiger partial charge in [-0.2, -0.15) is 5.10 Å². The minimum Gasteiger partial charge on any atom is -0.378 e. The van der Waals surface area contributed by atoms with Crippen molar-refractivity contribution in [2.75, 3.05) is 33.4 Å². The van der Waals surface area contributed by atoms with Crippen LogP contribution < -0.4 is 5.32 Å². The summed E-state index contributed by atoms with van der Waals surface area (Å²) in [6.07, 6.45) is 7.46. The monoisotopic (exact) mass is 278 g/mol. The van der Waals surface area contributed by atoms with E-state index in [0.717, 1.165) is 32.8 Å². The third kappa shape index (κ3) is 3.22. The molecule has 1 aromatic heterocycles. The van der Waals surface area contributed by atoms with Crippen LogP contribution in [0.4, 0.5) is 0 Å². The molecule has 0 aromatic carbocycles. The van der Waals surface area contributed by atoms with E-state index in [2.05, 4.69) is 27.2 Å². The number of nitrogens with zero attached hydrogens (tertiary/aromatic N) is 3. The fraction of sp³-hybridized carbons (Fsp3) is 0.800. The Morgan fingerprint density at radius 2 is 2.25 bits per heavy atom. The predicted octanol–water partition coefficient (Wildman–Crippen LogP) is 1.42. The molecule has 1 saturated carbocycles. The zero-order valence-electron chi connectivity index (χ0n) is 12.4. The molecule has 112 valence electrons. The molecule has 5 nitrogen and oxygen atoms in total. The van der Waals surface area contributed by atoms with Crippen molar-refractivity contribution < 1.29 is 4.74 Å². The van der Waals surface area contributed by atoms with E-state index in [0.29, 0.717) is 12.1 Å². The number of rotatable bonds is 5.